The van der Waals surface area contributed by atoms with Gasteiger partial charge in [-0.2, -0.15) is 4.89 Å². The lowest BCUT2D eigenvalue weighted by Gasteiger charge is -2.35. The molecule has 0 aromatic heterocycles. The first-order valence-electron chi connectivity index (χ1n) is 15.3. The second-order valence-electron chi connectivity index (χ2n) is 14.7. The quantitative estimate of drug-likeness (QED) is 0.127. The molecule has 2 atom stereocenters. The lowest BCUT2D eigenvalue weighted by Crippen LogP contribution is -2.44. The number of hydrogen-bond donors (Lipinski definition) is 1. The fourth-order valence-corrected chi connectivity index (χ4v) is 4.99. The van der Waals surface area contributed by atoms with Crippen molar-refractivity contribution in [2.45, 2.75) is 178 Å². The molecule has 0 rings (SSSR count). The fraction of sp³-hybridized carbons (Fsp3) is 0.938. The van der Waals surface area contributed by atoms with Crippen LogP contribution >= 0.6 is 0 Å². The molecule has 0 aliphatic rings. The van der Waals surface area contributed by atoms with Gasteiger partial charge in [-0.05, 0) is 82.1 Å². The zero-order valence-corrected chi connectivity index (χ0v) is 28.5. The summed E-state index contributed by atoms with van der Waals surface area (Å²) in [7, 11) is 0. The van der Waals surface area contributed by atoms with E-state index in [1.165, 1.54) is 0 Å². The number of carbonyl (C=O) groups is 2. The lowest BCUT2D eigenvalue weighted by molar-refractivity contribution is -0.519. The van der Waals surface area contributed by atoms with E-state index in [-0.39, 0.29) is 22.7 Å². The van der Waals surface area contributed by atoms with Crippen LogP contribution in [0.3, 0.4) is 0 Å². The van der Waals surface area contributed by atoms with Crippen molar-refractivity contribution in [2.24, 2.45) is 16.7 Å². The monoisotopic (exact) mass is 576 g/mol. The van der Waals surface area contributed by atoms with Crippen molar-refractivity contribution in [2.75, 3.05) is 0 Å². The molecule has 8 nitrogen and oxygen atoms in total. The van der Waals surface area contributed by atoms with E-state index in [1.807, 2.05) is 48.5 Å². The number of carboxylic acid groups (broad SMARTS) is 1. The Kier molecular flexibility index (Phi) is 18.8. The maximum Gasteiger partial charge on any atom is 0.348 e. The fourth-order valence-electron chi connectivity index (χ4n) is 4.99. The molecule has 40 heavy (non-hydrogen) atoms. The van der Waals surface area contributed by atoms with Gasteiger partial charge in [0.15, 0.2) is 5.60 Å². The molecule has 0 heterocycles. The molecule has 0 bridgehead atoms. The average molecular weight is 577 g/mol. The minimum atomic E-state index is -1.23. The Bertz CT molecular complexity index is 701. The van der Waals surface area contributed by atoms with E-state index < -0.39 is 22.8 Å². The highest BCUT2D eigenvalue weighted by Gasteiger charge is 2.41. The summed E-state index contributed by atoms with van der Waals surface area (Å²) >= 11 is 0. The van der Waals surface area contributed by atoms with Crippen molar-refractivity contribution in [3.63, 3.8) is 0 Å². The zero-order valence-electron chi connectivity index (χ0n) is 28.5. The third-order valence-corrected chi connectivity index (χ3v) is 6.34. The first-order valence-corrected chi connectivity index (χ1v) is 15.3. The van der Waals surface area contributed by atoms with Gasteiger partial charge in [-0.1, -0.05) is 94.9 Å². The first-order chi connectivity index (χ1) is 18.1. The van der Waals surface area contributed by atoms with Gasteiger partial charge in [0.25, 0.3) is 0 Å². The van der Waals surface area contributed by atoms with E-state index in [9.17, 15) is 14.7 Å². The molecule has 8 heteroatoms. The highest BCUT2D eigenvalue weighted by atomic mass is 17.5. The molecule has 240 valence electrons. The van der Waals surface area contributed by atoms with Crippen LogP contribution in [0.4, 0.5) is 0 Å². The second-order valence-corrected chi connectivity index (χ2v) is 14.7. The van der Waals surface area contributed by atoms with Crippen molar-refractivity contribution < 1.29 is 39.3 Å². The minimum Gasteiger partial charge on any atom is -0.479 e. The van der Waals surface area contributed by atoms with Gasteiger partial charge in [-0.25, -0.2) is 19.4 Å². The van der Waals surface area contributed by atoms with E-state index >= 15 is 0 Å². The number of aliphatic carboxylic acids is 1. The predicted octanol–water partition coefficient (Wildman–Crippen LogP) is 9.40. The standard InChI is InChI=1S/2C16H32O4/c1-8-10-11-16(9-2,13(17)18)20-19-15(6,7)12-14(3,4)5;1-8-10-11-13(9-2)14(17)18-20-19-16(6,7)12-15(3,4)5/h8-12H2,1-7H3,(H,17,18);13H,8-12H2,1-7H3. The largest absolute Gasteiger partial charge is 0.479 e. The van der Waals surface area contributed by atoms with Crippen molar-refractivity contribution in [1.29, 1.82) is 0 Å². The van der Waals surface area contributed by atoms with E-state index in [4.69, 9.17) is 24.6 Å². The van der Waals surface area contributed by atoms with Crippen molar-refractivity contribution >= 4 is 11.9 Å². The number of carboxylic acids is 1. The van der Waals surface area contributed by atoms with E-state index in [0.29, 0.717) is 12.8 Å². The molecule has 0 fully saturated rings. The van der Waals surface area contributed by atoms with E-state index in [2.05, 4.69) is 48.5 Å². The molecule has 0 radical (unpaired) electrons. The third-order valence-electron chi connectivity index (χ3n) is 6.34. The highest BCUT2D eigenvalue weighted by molar-refractivity contribution is 5.77. The van der Waals surface area contributed by atoms with Gasteiger partial charge >= 0.3 is 11.9 Å². The Balaban J connectivity index is 0. The van der Waals surface area contributed by atoms with Crippen LogP contribution < -0.4 is 0 Å². The zero-order chi connectivity index (χ0) is 31.8. The molecule has 0 saturated carbocycles. The van der Waals surface area contributed by atoms with Gasteiger partial charge in [0.2, 0.25) is 0 Å². The second kappa shape index (κ2) is 18.3. The summed E-state index contributed by atoms with van der Waals surface area (Å²) in [4.78, 5) is 44.4. The van der Waals surface area contributed by atoms with Crippen molar-refractivity contribution in [3.8, 4) is 0 Å². The van der Waals surface area contributed by atoms with Gasteiger partial charge in [0, 0.05) is 0 Å². The number of hydrogen-bond acceptors (Lipinski definition) is 7. The molecule has 0 aliphatic heterocycles. The molecule has 1 N–H and O–H groups in total. The van der Waals surface area contributed by atoms with Crippen LogP contribution in [-0.2, 0) is 34.2 Å². The Morgan fingerprint density at radius 3 is 1.55 bits per heavy atom. The van der Waals surface area contributed by atoms with Crippen LogP contribution in [-0.4, -0.2) is 33.8 Å². The van der Waals surface area contributed by atoms with Crippen molar-refractivity contribution in [3.05, 3.63) is 0 Å². The molecule has 0 amide bonds. The van der Waals surface area contributed by atoms with Crippen molar-refractivity contribution in [1.82, 2.24) is 0 Å². The van der Waals surface area contributed by atoms with Gasteiger partial charge < -0.3 is 5.11 Å². The van der Waals surface area contributed by atoms with Crippen LogP contribution in [0.1, 0.15) is 161 Å². The summed E-state index contributed by atoms with van der Waals surface area (Å²) < 4.78 is 0. The van der Waals surface area contributed by atoms with Gasteiger partial charge in [0.1, 0.15) is 5.60 Å². The van der Waals surface area contributed by atoms with Crippen LogP contribution in [0.15, 0.2) is 0 Å². The maximum atomic E-state index is 11.8. The minimum absolute atomic E-state index is 0.0916. The maximum absolute atomic E-state index is 11.8. The third kappa shape index (κ3) is 19.8. The van der Waals surface area contributed by atoms with Gasteiger partial charge in [-0.3, -0.25) is 4.89 Å². The molecular weight excluding hydrogens is 512 g/mol. The first kappa shape index (κ1) is 40.9. The summed E-state index contributed by atoms with van der Waals surface area (Å²) in [5.41, 5.74) is -2.03. The molecule has 0 aliphatic carbocycles. The summed E-state index contributed by atoms with van der Waals surface area (Å²) in [5.74, 6) is -1.39. The molecular formula is C32H64O8. The molecule has 0 saturated heterocycles. The normalized spacial score (nSPS) is 15.1. The Morgan fingerprint density at radius 1 is 0.700 bits per heavy atom. The van der Waals surface area contributed by atoms with Gasteiger partial charge in [-0.15, -0.1) is 0 Å². The lowest BCUT2D eigenvalue weighted by atomic mass is 9.84. The summed E-state index contributed by atoms with van der Waals surface area (Å²) in [6.07, 6.45) is 7.87. The Hall–Kier alpha value is -1.22. The average Bonchev–Trinajstić information content (AvgIpc) is 2.77. The number of carbonyl (C=O) groups excluding carboxylic acids is 1. The topological polar surface area (TPSA) is 101 Å². The summed E-state index contributed by atoms with van der Waals surface area (Å²) in [5, 5.41) is 14.2. The van der Waals surface area contributed by atoms with E-state index in [0.717, 1.165) is 51.4 Å². The van der Waals surface area contributed by atoms with Gasteiger partial charge in [0.05, 0.1) is 11.5 Å². The summed E-state index contributed by atoms with van der Waals surface area (Å²) in [6.45, 7) is 28.4. The highest BCUT2D eigenvalue weighted by Crippen LogP contribution is 2.33. The Morgan fingerprint density at radius 2 is 1.18 bits per heavy atom. The number of unbranched alkanes of at least 4 members (excludes halogenated alkanes) is 2. The Labute approximate surface area is 246 Å². The van der Waals surface area contributed by atoms with Crippen LogP contribution in [0.2, 0.25) is 0 Å². The van der Waals surface area contributed by atoms with Crippen LogP contribution in [0.25, 0.3) is 0 Å². The molecule has 0 aromatic rings. The molecule has 2 unspecified atom stereocenters. The summed E-state index contributed by atoms with van der Waals surface area (Å²) in [6, 6.07) is 0. The predicted molar refractivity (Wildman–Crippen MR) is 160 cm³/mol. The number of rotatable bonds is 18. The molecule has 0 aromatic carbocycles. The SMILES string of the molecule is CCCCC(CC)(OOC(C)(C)CC(C)(C)C)C(=O)O.CCCCC(CC)C(=O)OOOC(C)(C)CC(C)(C)C. The van der Waals surface area contributed by atoms with Crippen LogP contribution in [0, 0.1) is 16.7 Å². The molecule has 0 spiro atoms. The smallest absolute Gasteiger partial charge is 0.348 e. The van der Waals surface area contributed by atoms with E-state index in [1.54, 1.807) is 0 Å². The van der Waals surface area contributed by atoms with Crippen LogP contribution in [0.5, 0.6) is 0 Å².